The van der Waals surface area contributed by atoms with E-state index in [9.17, 15) is 0 Å². The van der Waals surface area contributed by atoms with Gasteiger partial charge in [0.05, 0.1) is 22.8 Å². The molecule has 0 N–H and O–H groups in total. The number of rotatable bonds is 12. The molecule has 4 rings (SSSR count). The van der Waals surface area contributed by atoms with E-state index in [1.807, 2.05) is 36.4 Å². The van der Waals surface area contributed by atoms with E-state index in [1.165, 1.54) is 57.1 Å². The predicted octanol–water partition coefficient (Wildman–Crippen LogP) is 10.1. The number of aromatic nitrogens is 1. The third-order valence-electron chi connectivity index (χ3n) is 6.69. The molecule has 1 aliphatic heterocycles. The highest BCUT2D eigenvalue weighted by molar-refractivity contribution is 7.13. The zero-order valence-electron chi connectivity index (χ0n) is 21.6. The first-order valence-electron chi connectivity index (χ1n) is 13.4. The molecule has 0 radical (unpaired) electrons. The molecule has 0 amide bonds. The van der Waals surface area contributed by atoms with E-state index in [4.69, 9.17) is 0 Å². The molecule has 0 aliphatic carbocycles. The van der Waals surface area contributed by atoms with Crippen LogP contribution in [0, 0.1) is 5.92 Å². The second kappa shape index (κ2) is 14.0. The minimum absolute atomic E-state index is 0.709. The first kappa shape index (κ1) is 26.1. The molecule has 3 aromatic rings. The molecule has 1 aliphatic rings. The fourth-order valence-corrected chi connectivity index (χ4v) is 5.09. The topological polar surface area (TPSA) is 65.6 Å². The Bertz CT molecular complexity index is 1100. The molecule has 2 heterocycles. The molecular weight excluding hydrogens is 464 g/mol. The molecule has 0 saturated carbocycles. The normalized spacial score (nSPS) is 15.2. The fourth-order valence-electron chi connectivity index (χ4n) is 4.42. The lowest BCUT2D eigenvalue weighted by Crippen LogP contribution is -2.29. The monoisotopic (exact) mass is 502 g/mol. The van der Waals surface area contributed by atoms with Crippen molar-refractivity contribution in [1.29, 1.82) is 0 Å². The van der Waals surface area contributed by atoms with E-state index in [-0.39, 0.29) is 0 Å². The maximum atomic E-state index is 4.63. The first-order valence-corrected chi connectivity index (χ1v) is 14.3. The number of aryl methyl sites for hydroxylation is 1. The van der Waals surface area contributed by atoms with Gasteiger partial charge in [-0.25, -0.2) is 4.98 Å². The molecule has 6 nitrogen and oxygen atoms in total. The number of piperidine rings is 1. The summed E-state index contributed by atoms with van der Waals surface area (Å²) in [6.45, 7) is 6.89. The fraction of sp³-hybridized carbons (Fsp3) is 0.483. The third-order valence-corrected chi connectivity index (χ3v) is 7.46. The van der Waals surface area contributed by atoms with Crippen LogP contribution in [0.3, 0.4) is 0 Å². The number of hydrogen-bond acceptors (Lipinski definition) is 7. The van der Waals surface area contributed by atoms with Crippen LogP contribution in [0.2, 0.25) is 0 Å². The van der Waals surface area contributed by atoms with Crippen LogP contribution < -0.4 is 4.90 Å². The third kappa shape index (κ3) is 8.33. The summed E-state index contributed by atoms with van der Waals surface area (Å²) in [4.78, 5) is 7.08. The van der Waals surface area contributed by atoms with Crippen LogP contribution in [-0.2, 0) is 6.42 Å². The van der Waals surface area contributed by atoms with Crippen molar-refractivity contribution in [2.75, 3.05) is 18.0 Å². The molecule has 1 atom stereocenters. The standard InChI is InChI=1S/C29H38N6S/c1-3-4-6-9-23(2)10-11-27-22-36-29(30-27)34-33-25-14-12-24(13-15-25)31-32-26-16-18-28(19-17-26)35-20-7-5-8-21-35/h12-19,22-23H,3-11,20-21H2,1-2H3. The van der Waals surface area contributed by atoms with Crippen LogP contribution in [0.4, 0.5) is 27.9 Å². The van der Waals surface area contributed by atoms with E-state index >= 15 is 0 Å². The lowest BCUT2D eigenvalue weighted by Gasteiger charge is -2.28. The van der Waals surface area contributed by atoms with Crippen molar-refractivity contribution in [2.45, 2.75) is 71.6 Å². The van der Waals surface area contributed by atoms with Crippen LogP contribution in [0.5, 0.6) is 0 Å². The number of unbranched alkanes of at least 4 members (excludes halogenated alkanes) is 2. The molecule has 2 aromatic carbocycles. The van der Waals surface area contributed by atoms with E-state index in [2.05, 4.69) is 61.7 Å². The van der Waals surface area contributed by atoms with Gasteiger partial charge >= 0.3 is 0 Å². The van der Waals surface area contributed by atoms with Crippen molar-refractivity contribution in [2.24, 2.45) is 26.4 Å². The second-order valence-corrected chi connectivity index (χ2v) is 10.6. The number of thiazole rings is 1. The Morgan fingerprint density at radius 3 is 2.06 bits per heavy atom. The molecule has 190 valence electrons. The number of nitrogens with zero attached hydrogens (tertiary/aromatic N) is 6. The van der Waals surface area contributed by atoms with Gasteiger partial charge in [-0.15, -0.1) is 21.6 Å². The minimum atomic E-state index is 0.709. The largest absolute Gasteiger partial charge is 0.372 e. The molecule has 0 bridgehead atoms. The second-order valence-electron chi connectivity index (χ2n) is 9.74. The lowest BCUT2D eigenvalue weighted by molar-refractivity contribution is 0.463. The average Bonchev–Trinajstić information content (AvgIpc) is 3.39. The van der Waals surface area contributed by atoms with Gasteiger partial charge in [-0.05, 0) is 86.6 Å². The quantitative estimate of drug-likeness (QED) is 0.183. The van der Waals surface area contributed by atoms with Crippen LogP contribution in [0.1, 0.15) is 70.9 Å². The Hall–Kier alpha value is -2.93. The van der Waals surface area contributed by atoms with Gasteiger partial charge < -0.3 is 4.90 Å². The molecule has 36 heavy (non-hydrogen) atoms. The van der Waals surface area contributed by atoms with Gasteiger partial charge in [0.15, 0.2) is 0 Å². The minimum Gasteiger partial charge on any atom is -0.372 e. The van der Waals surface area contributed by atoms with Crippen molar-refractivity contribution in [3.8, 4) is 0 Å². The van der Waals surface area contributed by atoms with E-state index in [0.29, 0.717) is 5.13 Å². The van der Waals surface area contributed by atoms with Crippen LogP contribution in [-0.4, -0.2) is 18.1 Å². The van der Waals surface area contributed by atoms with E-state index in [1.54, 1.807) is 11.3 Å². The first-order chi connectivity index (χ1) is 17.7. The summed E-state index contributed by atoms with van der Waals surface area (Å²) < 4.78 is 0. The molecule has 7 heteroatoms. The SMILES string of the molecule is CCCCCC(C)CCc1csc(N=Nc2ccc(N=Nc3ccc(N4CCCCC4)cc3)cc2)n1. The summed E-state index contributed by atoms with van der Waals surface area (Å²) in [6.07, 6.45) is 11.4. The van der Waals surface area contributed by atoms with Crippen LogP contribution in [0.25, 0.3) is 0 Å². The summed E-state index contributed by atoms with van der Waals surface area (Å²) in [5.74, 6) is 0.748. The summed E-state index contributed by atoms with van der Waals surface area (Å²) in [5.41, 5.74) is 4.82. The van der Waals surface area contributed by atoms with Gasteiger partial charge in [0.2, 0.25) is 5.13 Å². The van der Waals surface area contributed by atoms with Crippen molar-refractivity contribution in [3.63, 3.8) is 0 Å². The predicted molar refractivity (Wildman–Crippen MR) is 151 cm³/mol. The maximum absolute atomic E-state index is 4.63. The van der Waals surface area contributed by atoms with Crippen molar-refractivity contribution < 1.29 is 0 Å². The van der Waals surface area contributed by atoms with Crippen molar-refractivity contribution in [3.05, 3.63) is 59.6 Å². The van der Waals surface area contributed by atoms with Crippen LogP contribution in [0.15, 0.2) is 74.4 Å². The van der Waals surface area contributed by atoms with Gasteiger partial charge in [-0.2, -0.15) is 10.2 Å². The molecule has 1 fully saturated rings. The number of hydrogen-bond donors (Lipinski definition) is 0. The van der Waals surface area contributed by atoms with E-state index in [0.717, 1.165) is 48.2 Å². The zero-order valence-corrected chi connectivity index (χ0v) is 22.5. The van der Waals surface area contributed by atoms with Crippen molar-refractivity contribution >= 4 is 39.2 Å². The Labute approximate surface area is 219 Å². The Morgan fingerprint density at radius 1 is 0.806 bits per heavy atom. The highest BCUT2D eigenvalue weighted by atomic mass is 32.1. The summed E-state index contributed by atoms with van der Waals surface area (Å²) in [5, 5.41) is 20.2. The number of azo groups is 2. The summed E-state index contributed by atoms with van der Waals surface area (Å²) >= 11 is 1.55. The van der Waals surface area contributed by atoms with E-state index < -0.39 is 0 Å². The Morgan fingerprint density at radius 2 is 1.42 bits per heavy atom. The number of benzene rings is 2. The van der Waals surface area contributed by atoms with Gasteiger partial charge in [0.25, 0.3) is 0 Å². The molecule has 1 aromatic heterocycles. The number of anilines is 1. The molecule has 1 unspecified atom stereocenters. The highest BCUT2D eigenvalue weighted by Gasteiger charge is 2.10. The summed E-state index contributed by atoms with van der Waals surface area (Å²) in [6, 6.07) is 16.0. The van der Waals surface area contributed by atoms with Crippen molar-refractivity contribution in [1.82, 2.24) is 4.98 Å². The molecule has 0 spiro atoms. The van der Waals surface area contributed by atoms with Gasteiger partial charge in [-0.3, -0.25) is 0 Å². The average molecular weight is 503 g/mol. The smallest absolute Gasteiger partial charge is 0.230 e. The maximum Gasteiger partial charge on any atom is 0.230 e. The Balaban J connectivity index is 1.24. The molecular formula is C29H38N6S. The van der Waals surface area contributed by atoms with Crippen LogP contribution >= 0.6 is 11.3 Å². The Kier molecular flexibility index (Phi) is 10.1. The zero-order chi connectivity index (χ0) is 25.0. The summed E-state index contributed by atoms with van der Waals surface area (Å²) in [7, 11) is 0. The molecule has 1 saturated heterocycles. The lowest BCUT2D eigenvalue weighted by atomic mass is 9.98. The van der Waals surface area contributed by atoms with Gasteiger partial charge in [-0.1, -0.05) is 39.5 Å². The highest BCUT2D eigenvalue weighted by Crippen LogP contribution is 2.27. The van der Waals surface area contributed by atoms with Gasteiger partial charge in [0.1, 0.15) is 0 Å². The van der Waals surface area contributed by atoms with Gasteiger partial charge in [0, 0.05) is 24.2 Å².